The predicted molar refractivity (Wildman–Crippen MR) is 68.4 cm³/mol. The summed E-state index contributed by atoms with van der Waals surface area (Å²) in [5.41, 5.74) is -0.289. The van der Waals surface area contributed by atoms with E-state index < -0.39 is 0 Å². The van der Waals surface area contributed by atoms with Gasteiger partial charge in [0.15, 0.2) is 0 Å². The first-order valence-electron chi connectivity index (χ1n) is 6.74. The number of nitrogens with zero attached hydrogens (tertiary/aromatic N) is 1. The summed E-state index contributed by atoms with van der Waals surface area (Å²) in [5.74, 6) is 0.201. The Bertz CT molecular complexity index is 301. The summed E-state index contributed by atoms with van der Waals surface area (Å²) in [6.07, 6.45) is 1.76. The smallest absolute Gasteiger partial charge is 0.239 e. The molecule has 0 aromatic rings. The van der Waals surface area contributed by atoms with Gasteiger partial charge in [0.25, 0.3) is 0 Å². The standard InChI is InChI=1S/C13H24N2O3/c1-10(2)14-11-4-6-15(12(11)16)8-13(17-3)5-7-18-9-13/h10-11,14H,4-9H2,1-3H3. The zero-order valence-corrected chi connectivity index (χ0v) is 11.6. The Labute approximate surface area is 109 Å². The highest BCUT2D eigenvalue weighted by atomic mass is 16.5. The third-order valence-corrected chi connectivity index (χ3v) is 3.81. The van der Waals surface area contributed by atoms with E-state index in [1.54, 1.807) is 7.11 Å². The Morgan fingerprint density at radius 1 is 1.61 bits per heavy atom. The molecule has 2 aliphatic heterocycles. The Morgan fingerprint density at radius 3 is 2.94 bits per heavy atom. The normalized spacial score (nSPS) is 32.8. The van der Waals surface area contributed by atoms with Gasteiger partial charge in [-0.05, 0) is 6.42 Å². The molecule has 2 aliphatic rings. The number of carbonyl (C=O) groups is 1. The molecule has 2 unspecified atom stereocenters. The molecule has 1 amide bonds. The monoisotopic (exact) mass is 256 g/mol. The van der Waals surface area contributed by atoms with Crippen molar-refractivity contribution in [3.05, 3.63) is 0 Å². The molecule has 0 aromatic heterocycles. The first kappa shape index (κ1) is 13.8. The van der Waals surface area contributed by atoms with Crippen LogP contribution < -0.4 is 5.32 Å². The molecule has 0 radical (unpaired) electrons. The van der Waals surface area contributed by atoms with Crippen molar-refractivity contribution in [2.75, 3.05) is 33.4 Å². The summed E-state index contributed by atoms with van der Waals surface area (Å²) in [6.45, 7) is 6.92. The maximum Gasteiger partial charge on any atom is 0.239 e. The second-order valence-electron chi connectivity index (χ2n) is 5.61. The lowest BCUT2D eigenvalue weighted by Gasteiger charge is -2.31. The highest BCUT2D eigenvalue weighted by molar-refractivity contribution is 5.84. The molecule has 2 saturated heterocycles. The van der Waals surface area contributed by atoms with E-state index >= 15 is 0 Å². The molecule has 104 valence electrons. The van der Waals surface area contributed by atoms with Crippen LogP contribution in [0.2, 0.25) is 0 Å². The van der Waals surface area contributed by atoms with E-state index in [0.29, 0.717) is 19.2 Å². The first-order valence-corrected chi connectivity index (χ1v) is 6.74. The summed E-state index contributed by atoms with van der Waals surface area (Å²) in [6, 6.07) is 0.311. The molecule has 2 rings (SSSR count). The lowest BCUT2D eigenvalue weighted by atomic mass is 10.0. The van der Waals surface area contributed by atoms with Gasteiger partial charge in [0.2, 0.25) is 5.91 Å². The largest absolute Gasteiger partial charge is 0.378 e. The van der Waals surface area contributed by atoms with Gasteiger partial charge in [0.05, 0.1) is 19.2 Å². The summed E-state index contributed by atoms with van der Waals surface area (Å²) in [5, 5.41) is 3.31. The van der Waals surface area contributed by atoms with Crippen molar-refractivity contribution >= 4 is 5.91 Å². The fourth-order valence-corrected chi connectivity index (χ4v) is 2.74. The van der Waals surface area contributed by atoms with Gasteiger partial charge in [-0.15, -0.1) is 0 Å². The molecule has 0 saturated carbocycles. The third kappa shape index (κ3) is 2.84. The summed E-state index contributed by atoms with van der Waals surface area (Å²) < 4.78 is 11.0. The van der Waals surface area contributed by atoms with E-state index in [-0.39, 0.29) is 17.6 Å². The number of carbonyl (C=O) groups excluding carboxylic acids is 1. The van der Waals surface area contributed by atoms with Crippen LogP contribution in [0.4, 0.5) is 0 Å². The van der Waals surface area contributed by atoms with Gasteiger partial charge in [-0.2, -0.15) is 0 Å². The van der Waals surface area contributed by atoms with Crippen LogP contribution >= 0.6 is 0 Å². The molecule has 0 bridgehead atoms. The van der Waals surface area contributed by atoms with Gasteiger partial charge in [0, 0.05) is 32.7 Å². The molecule has 2 fully saturated rings. The van der Waals surface area contributed by atoms with Crippen molar-refractivity contribution in [3.8, 4) is 0 Å². The minimum atomic E-state index is -0.289. The van der Waals surface area contributed by atoms with Crippen LogP contribution in [0.5, 0.6) is 0 Å². The van der Waals surface area contributed by atoms with Crippen molar-refractivity contribution < 1.29 is 14.3 Å². The maximum atomic E-state index is 12.3. The van der Waals surface area contributed by atoms with E-state index in [2.05, 4.69) is 19.2 Å². The maximum absolute atomic E-state index is 12.3. The Balaban J connectivity index is 1.93. The number of hydrogen-bond donors (Lipinski definition) is 1. The quantitative estimate of drug-likeness (QED) is 0.773. The highest BCUT2D eigenvalue weighted by Gasteiger charge is 2.41. The molecular weight excluding hydrogens is 232 g/mol. The molecule has 1 N–H and O–H groups in total. The average Bonchev–Trinajstić information content (AvgIpc) is 2.91. The second kappa shape index (κ2) is 5.55. The van der Waals surface area contributed by atoms with Gasteiger partial charge in [-0.3, -0.25) is 4.79 Å². The van der Waals surface area contributed by atoms with Crippen molar-refractivity contribution in [2.24, 2.45) is 0 Å². The molecule has 18 heavy (non-hydrogen) atoms. The molecule has 2 heterocycles. The number of amides is 1. The van der Waals surface area contributed by atoms with E-state index in [4.69, 9.17) is 9.47 Å². The fraction of sp³-hybridized carbons (Fsp3) is 0.923. The van der Waals surface area contributed by atoms with Crippen LogP contribution in [0.1, 0.15) is 26.7 Å². The van der Waals surface area contributed by atoms with Crippen LogP contribution in [-0.4, -0.2) is 61.9 Å². The van der Waals surface area contributed by atoms with Crippen LogP contribution in [0.25, 0.3) is 0 Å². The fourth-order valence-electron chi connectivity index (χ4n) is 2.74. The minimum Gasteiger partial charge on any atom is -0.378 e. The van der Waals surface area contributed by atoms with Crippen LogP contribution in [-0.2, 0) is 14.3 Å². The van der Waals surface area contributed by atoms with Gasteiger partial charge >= 0.3 is 0 Å². The number of methoxy groups -OCH3 is 1. The van der Waals surface area contributed by atoms with E-state index in [0.717, 1.165) is 26.0 Å². The van der Waals surface area contributed by atoms with Crippen molar-refractivity contribution in [1.82, 2.24) is 10.2 Å². The van der Waals surface area contributed by atoms with Gasteiger partial charge < -0.3 is 19.7 Å². The van der Waals surface area contributed by atoms with Crippen molar-refractivity contribution in [1.29, 1.82) is 0 Å². The molecule has 0 spiro atoms. The van der Waals surface area contributed by atoms with Gasteiger partial charge in [0.1, 0.15) is 5.60 Å². The predicted octanol–water partition coefficient (Wildman–Crippen LogP) is 0.391. The lowest BCUT2D eigenvalue weighted by molar-refractivity contribution is -0.133. The number of nitrogens with one attached hydrogen (secondary N) is 1. The van der Waals surface area contributed by atoms with Crippen LogP contribution in [0.3, 0.4) is 0 Å². The van der Waals surface area contributed by atoms with Gasteiger partial charge in [-0.1, -0.05) is 13.8 Å². The van der Waals surface area contributed by atoms with Crippen molar-refractivity contribution in [2.45, 2.75) is 44.4 Å². The van der Waals surface area contributed by atoms with Gasteiger partial charge in [-0.25, -0.2) is 0 Å². The number of rotatable bonds is 5. The third-order valence-electron chi connectivity index (χ3n) is 3.81. The minimum absolute atomic E-state index is 0.0266. The van der Waals surface area contributed by atoms with E-state index in [1.807, 2.05) is 4.90 Å². The lowest BCUT2D eigenvalue weighted by Crippen LogP contribution is -2.48. The Morgan fingerprint density at radius 2 is 2.39 bits per heavy atom. The second-order valence-corrected chi connectivity index (χ2v) is 5.61. The molecule has 2 atom stereocenters. The molecule has 5 heteroatoms. The van der Waals surface area contributed by atoms with E-state index in [1.165, 1.54) is 0 Å². The summed E-state index contributed by atoms with van der Waals surface area (Å²) in [4.78, 5) is 14.2. The average molecular weight is 256 g/mol. The number of likely N-dealkylation sites (tertiary alicyclic amines) is 1. The summed E-state index contributed by atoms with van der Waals surface area (Å²) in [7, 11) is 1.71. The highest BCUT2D eigenvalue weighted by Crippen LogP contribution is 2.26. The van der Waals surface area contributed by atoms with Crippen molar-refractivity contribution in [3.63, 3.8) is 0 Å². The SMILES string of the molecule is COC1(CN2CCC(NC(C)C)C2=O)CCOC1. The van der Waals surface area contributed by atoms with Crippen LogP contribution in [0.15, 0.2) is 0 Å². The zero-order valence-electron chi connectivity index (χ0n) is 11.6. The Kier molecular flexibility index (Phi) is 4.25. The number of hydrogen-bond acceptors (Lipinski definition) is 4. The molecule has 0 aromatic carbocycles. The first-order chi connectivity index (χ1) is 8.56. The topological polar surface area (TPSA) is 50.8 Å². The van der Waals surface area contributed by atoms with Crippen LogP contribution in [0, 0.1) is 0 Å². The molecular formula is C13H24N2O3. The molecule has 5 nitrogen and oxygen atoms in total. The van der Waals surface area contributed by atoms with E-state index in [9.17, 15) is 4.79 Å². The molecule has 0 aliphatic carbocycles. The zero-order chi connectivity index (χ0) is 13.2. The summed E-state index contributed by atoms with van der Waals surface area (Å²) >= 11 is 0. The number of ether oxygens (including phenoxy) is 2. The Hall–Kier alpha value is -0.650.